The van der Waals surface area contributed by atoms with Gasteiger partial charge >= 0.3 is 0 Å². The molecule has 8 rings (SSSR count). The molecule has 15 heteroatoms. The van der Waals surface area contributed by atoms with Gasteiger partial charge in [-0.1, -0.05) is 47.5 Å². The Morgan fingerprint density at radius 2 is 1.73 bits per heavy atom. The van der Waals surface area contributed by atoms with E-state index in [9.17, 15) is 18.7 Å². The predicted octanol–water partition coefficient (Wildman–Crippen LogP) is 7.24. The number of fused-ring (bicyclic) bond motifs is 2. The molecule has 6 heterocycles. The summed E-state index contributed by atoms with van der Waals surface area (Å²) in [6, 6.07) is 14.4. The number of alkyl halides is 2. The molecule has 0 spiro atoms. The number of nitrogens with one attached hydrogen (secondary N) is 2. The second kappa shape index (κ2) is 14.0. The summed E-state index contributed by atoms with van der Waals surface area (Å²) in [5, 5.41) is 21.1. The van der Waals surface area contributed by atoms with Crippen molar-refractivity contribution in [2.75, 3.05) is 36.8 Å². The number of aliphatic hydroxyl groups excluding tert-OH is 1. The molecule has 0 unspecified atom stereocenters. The minimum Gasteiger partial charge on any atom is -0.392 e. The Morgan fingerprint density at radius 1 is 0.961 bits per heavy atom. The van der Waals surface area contributed by atoms with Crippen LogP contribution >= 0.6 is 23.2 Å². The maximum atomic E-state index is 14.0. The van der Waals surface area contributed by atoms with Crippen molar-refractivity contribution >= 4 is 57.3 Å². The normalized spacial score (nSPS) is 19.3. The molecular weight excluding hydrogens is 699 g/mol. The zero-order valence-corrected chi connectivity index (χ0v) is 29.0. The summed E-state index contributed by atoms with van der Waals surface area (Å²) in [7, 11) is 0. The molecular formula is C36H35Cl2F2N9O2. The number of benzene rings is 2. The maximum Gasteiger partial charge on any atom is 0.297 e. The molecule has 264 valence electrons. The molecule has 0 radical (unpaired) electrons. The van der Waals surface area contributed by atoms with Crippen LogP contribution in [0.15, 0.2) is 54.7 Å². The van der Waals surface area contributed by atoms with E-state index in [4.69, 9.17) is 23.2 Å². The number of aryl methyl sites for hydroxylation is 1. The van der Waals surface area contributed by atoms with Crippen LogP contribution in [-0.4, -0.2) is 77.8 Å². The van der Waals surface area contributed by atoms with Crippen molar-refractivity contribution in [2.24, 2.45) is 0 Å². The monoisotopic (exact) mass is 733 g/mol. The van der Waals surface area contributed by atoms with Gasteiger partial charge in [-0.3, -0.25) is 24.3 Å². The van der Waals surface area contributed by atoms with Gasteiger partial charge in [-0.15, -0.1) is 0 Å². The van der Waals surface area contributed by atoms with Crippen molar-refractivity contribution in [3.8, 4) is 11.1 Å². The van der Waals surface area contributed by atoms with E-state index in [0.717, 1.165) is 50.3 Å². The number of amides is 1. The van der Waals surface area contributed by atoms with Crippen molar-refractivity contribution < 1.29 is 18.7 Å². The fourth-order valence-corrected chi connectivity index (χ4v) is 7.69. The predicted molar refractivity (Wildman–Crippen MR) is 192 cm³/mol. The largest absolute Gasteiger partial charge is 0.392 e. The lowest BCUT2D eigenvalue weighted by Gasteiger charge is -2.40. The van der Waals surface area contributed by atoms with Crippen molar-refractivity contribution in [1.82, 2.24) is 34.5 Å². The lowest BCUT2D eigenvalue weighted by molar-refractivity contribution is 0.0937. The summed E-state index contributed by atoms with van der Waals surface area (Å²) in [5.41, 5.74) is 4.62. The van der Waals surface area contributed by atoms with Gasteiger partial charge in [-0.2, -0.15) is 5.10 Å². The number of halogens is 4. The molecule has 3 aliphatic rings. The molecule has 11 nitrogen and oxygen atoms in total. The third-order valence-electron chi connectivity index (χ3n) is 9.81. The lowest BCUT2D eigenvalue weighted by Crippen LogP contribution is -2.42. The highest BCUT2D eigenvalue weighted by Crippen LogP contribution is 2.42. The summed E-state index contributed by atoms with van der Waals surface area (Å²) in [5.74, 6) is -0.934. The number of likely N-dealkylation sites (tertiary alicyclic amines) is 2. The Labute approximate surface area is 302 Å². The summed E-state index contributed by atoms with van der Waals surface area (Å²) in [6.45, 7) is 4.69. The smallest absolute Gasteiger partial charge is 0.297 e. The number of carbonyl (C=O) groups excluding carboxylic acids is 1. The number of anilines is 3. The second-order valence-corrected chi connectivity index (χ2v) is 14.0. The van der Waals surface area contributed by atoms with Gasteiger partial charge in [0.2, 0.25) is 0 Å². The van der Waals surface area contributed by atoms with Gasteiger partial charge in [0.25, 0.3) is 12.3 Å². The molecule has 0 bridgehead atoms. The second-order valence-electron chi connectivity index (χ2n) is 13.3. The van der Waals surface area contributed by atoms with E-state index >= 15 is 0 Å². The molecule has 1 amide bonds. The topological polar surface area (TPSA) is 124 Å². The summed E-state index contributed by atoms with van der Waals surface area (Å²) in [6.07, 6.45) is 2.31. The number of aromatic nitrogens is 5. The molecule has 3 aromatic heterocycles. The Hall–Kier alpha value is -4.27. The fraction of sp³-hybridized carbons (Fsp3) is 0.361. The average Bonchev–Trinajstić information content (AvgIpc) is 3.72. The highest BCUT2D eigenvalue weighted by atomic mass is 35.5. The fourth-order valence-electron chi connectivity index (χ4n) is 7.14. The first-order valence-electron chi connectivity index (χ1n) is 17.0. The highest BCUT2D eigenvalue weighted by Gasteiger charge is 2.32. The molecule has 3 N–H and O–H groups in total. The van der Waals surface area contributed by atoms with E-state index in [1.807, 2.05) is 10.7 Å². The number of β-amino-alcohol motifs (C(OH)–C–C–N with tert-alkyl or cyclic N) is 1. The zero-order chi connectivity index (χ0) is 35.2. The van der Waals surface area contributed by atoms with Crippen molar-refractivity contribution in [3.05, 3.63) is 87.5 Å². The Morgan fingerprint density at radius 3 is 2.43 bits per heavy atom. The van der Waals surface area contributed by atoms with Crippen molar-refractivity contribution in [2.45, 2.75) is 57.3 Å². The minimum atomic E-state index is -2.92. The molecule has 0 saturated carbocycles. The van der Waals surface area contributed by atoms with Gasteiger partial charge in [0.15, 0.2) is 17.3 Å². The zero-order valence-electron chi connectivity index (χ0n) is 27.5. The first-order chi connectivity index (χ1) is 24.7. The van der Waals surface area contributed by atoms with Crippen LogP contribution in [0.5, 0.6) is 0 Å². The van der Waals surface area contributed by atoms with Crippen LogP contribution in [-0.2, 0) is 13.1 Å². The molecule has 0 aliphatic carbocycles. The molecule has 2 saturated heterocycles. The Bertz CT molecular complexity index is 2130. The van der Waals surface area contributed by atoms with Crippen molar-refractivity contribution in [3.63, 3.8) is 0 Å². The number of carbonyl (C=O) groups is 1. The van der Waals surface area contributed by atoms with E-state index in [2.05, 4.69) is 40.5 Å². The average molecular weight is 735 g/mol. The first kappa shape index (κ1) is 33.9. The molecule has 51 heavy (non-hydrogen) atoms. The number of aliphatic hydroxyl groups is 1. The van der Waals surface area contributed by atoms with E-state index in [0.29, 0.717) is 53.2 Å². The summed E-state index contributed by atoms with van der Waals surface area (Å²) >= 11 is 13.9. The van der Waals surface area contributed by atoms with E-state index in [1.54, 1.807) is 48.7 Å². The van der Waals surface area contributed by atoms with Gasteiger partial charge < -0.3 is 15.7 Å². The van der Waals surface area contributed by atoms with E-state index in [-0.39, 0.29) is 39.4 Å². The van der Waals surface area contributed by atoms with Gasteiger partial charge in [0.1, 0.15) is 5.52 Å². The van der Waals surface area contributed by atoms with E-state index < -0.39 is 12.2 Å². The van der Waals surface area contributed by atoms with Crippen LogP contribution in [0.2, 0.25) is 10.0 Å². The van der Waals surface area contributed by atoms with Gasteiger partial charge in [0.05, 0.1) is 44.8 Å². The van der Waals surface area contributed by atoms with Crippen LogP contribution in [0, 0.1) is 0 Å². The van der Waals surface area contributed by atoms with E-state index in [1.165, 1.54) is 6.42 Å². The Kier molecular flexibility index (Phi) is 9.32. The van der Waals surface area contributed by atoms with Crippen LogP contribution in [0.1, 0.15) is 65.7 Å². The molecule has 2 fully saturated rings. The summed E-state index contributed by atoms with van der Waals surface area (Å²) < 4.78 is 29.9. The maximum absolute atomic E-state index is 14.0. The quantitative estimate of drug-likeness (QED) is 0.144. The molecule has 3 aliphatic heterocycles. The number of rotatable bonds is 9. The lowest BCUT2D eigenvalue weighted by atomic mass is 9.99. The van der Waals surface area contributed by atoms with Gasteiger partial charge in [0, 0.05) is 56.6 Å². The van der Waals surface area contributed by atoms with Crippen molar-refractivity contribution in [1.29, 1.82) is 0 Å². The number of nitrogens with zero attached hydrogens (tertiary/aromatic N) is 7. The van der Waals surface area contributed by atoms with Gasteiger partial charge in [-0.25, -0.2) is 18.7 Å². The molecule has 5 aromatic rings. The standard InChI is InChI=1S/C36H35Cl2F2N9O2/c37-30-22(23-6-2-8-25(31(23)38)44-36(51)27-16-29-28(48-11-4-12-48)9-3-13-49(29)46-27)5-1-7-24(30)42-34-32-26(43-35(45-34)33(39)40)15-20(17-41-32)18-47-14-10-21(50)19-47/h1-2,5-8,15-17,21,28,33,50H,3-4,9-14,18-19H2,(H,44,51)(H,42,43,45)/t21-,28+/m1/s1. The third kappa shape index (κ3) is 6.76. The molecule has 2 aromatic carbocycles. The number of pyridine rings is 1. The Balaban J connectivity index is 1.05. The molecule has 2 atom stereocenters. The SMILES string of the molecule is O=C(Nc1cccc(-c2cccc(Nc3nc(C(F)F)nc4cc(CN5CC[C@@H](O)C5)cnc34)c2Cl)c1Cl)c1cc2n(n1)CCC[C@@H]2N1CCC1. The minimum absolute atomic E-state index is 0.0729. The number of hydrogen-bond acceptors (Lipinski definition) is 9. The van der Waals surface area contributed by atoms with Crippen LogP contribution in [0.4, 0.5) is 26.0 Å². The third-order valence-corrected chi connectivity index (χ3v) is 10.6. The van der Waals surface area contributed by atoms with Crippen LogP contribution < -0.4 is 10.6 Å². The van der Waals surface area contributed by atoms with Gasteiger partial charge in [-0.05, 0) is 55.5 Å². The van der Waals surface area contributed by atoms with Crippen LogP contribution in [0.3, 0.4) is 0 Å². The highest BCUT2D eigenvalue weighted by molar-refractivity contribution is 6.39. The summed E-state index contributed by atoms with van der Waals surface area (Å²) in [4.78, 5) is 30.7. The number of hydrogen-bond donors (Lipinski definition) is 3. The first-order valence-corrected chi connectivity index (χ1v) is 17.8. The van der Waals surface area contributed by atoms with Crippen LogP contribution in [0.25, 0.3) is 22.2 Å².